The number of methoxy groups -OCH3 is 1. The first-order valence-corrected chi connectivity index (χ1v) is 5.50. The van der Waals surface area contributed by atoms with Crippen LogP contribution in [0.5, 0.6) is 5.75 Å². The second-order valence-corrected chi connectivity index (χ2v) is 4.37. The molecule has 1 aromatic rings. The average molecular weight is 271 g/mol. The lowest BCUT2D eigenvalue weighted by Crippen LogP contribution is -2.26. The molecule has 1 amide bonds. The minimum Gasteiger partial charge on any atom is -0.494 e. The van der Waals surface area contributed by atoms with Gasteiger partial charge in [-0.25, -0.2) is 4.98 Å². The lowest BCUT2D eigenvalue weighted by atomic mass is 10.3. The summed E-state index contributed by atoms with van der Waals surface area (Å²) >= 11 is 3.28. The fraction of sp³-hybridized carbons (Fsp3) is 0.400. The number of carbonyl (C=O) groups excluding carboxylic acids is 1. The van der Waals surface area contributed by atoms with Gasteiger partial charge >= 0.3 is 0 Å². The number of pyridine rings is 1. The number of rotatable bonds is 3. The van der Waals surface area contributed by atoms with Gasteiger partial charge in [0.05, 0.1) is 7.11 Å². The molecule has 1 N–H and O–H groups in total. The minimum atomic E-state index is -0.165. The van der Waals surface area contributed by atoms with Crippen molar-refractivity contribution in [3.05, 3.63) is 22.4 Å². The average Bonchev–Trinajstić information content (AvgIpc) is 3.01. The van der Waals surface area contributed by atoms with E-state index in [1.165, 1.54) is 7.11 Å². The van der Waals surface area contributed by atoms with E-state index in [9.17, 15) is 4.79 Å². The number of halogens is 1. The number of ether oxygens (including phenoxy) is 1. The van der Waals surface area contributed by atoms with Crippen LogP contribution >= 0.6 is 15.9 Å². The molecule has 1 fully saturated rings. The maximum Gasteiger partial charge on any atom is 0.273 e. The molecule has 0 atom stereocenters. The van der Waals surface area contributed by atoms with Crippen LogP contribution in [0.2, 0.25) is 0 Å². The first-order chi connectivity index (χ1) is 7.20. The maximum absolute atomic E-state index is 11.7. The Labute approximate surface area is 96.2 Å². The monoisotopic (exact) mass is 270 g/mol. The number of nitrogens with zero attached hydrogens (tertiary/aromatic N) is 1. The number of hydrogen-bond donors (Lipinski definition) is 1. The van der Waals surface area contributed by atoms with Gasteiger partial charge in [0.2, 0.25) is 0 Å². The van der Waals surface area contributed by atoms with Gasteiger partial charge in [0.15, 0.2) is 11.4 Å². The van der Waals surface area contributed by atoms with Crippen LogP contribution in [0.3, 0.4) is 0 Å². The predicted molar refractivity (Wildman–Crippen MR) is 59.0 cm³/mol. The third-order valence-corrected chi connectivity index (χ3v) is 2.60. The van der Waals surface area contributed by atoms with Crippen LogP contribution in [0.1, 0.15) is 23.3 Å². The van der Waals surface area contributed by atoms with Gasteiger partial charge in [-0.05, 0) is 34.8 Å². The summed E-state index contributed by atoms with van der Waals surface area (Å²) in [6, 6.07) is 2.06. The molecule has 0 radical (unpaired) electrons. The largest absolute Gasteiger partial charge is 0.494 e. The molecule has 1 heterocycles. The molecule has 2 rings (SSSR count). The summed E-state index contributed by atoms with van der Waals surface area (Å²) in [5.74, 6) is 0.323. The Hall–Kier alpha value is -1.10. The molecule has 4 nitrogen and oxygen atoms in total. The van der Waals surface area contributed by atoms with Crippen molar-refractivity contribution in [2.75, 3.05) is 7.11 Å². The first kappa shape index (κ1) is 10.4. The van der Waals surface area contributed by atoms with E-state index < -0.39 is 0 Å². The van der Waals surface area contributed by atoms with E-state index in [-0.39, 0.29) is 5.91 Å². The van der Waals surface area contributed by atoms with E-state index in [0.29, 0.717) is 17.5 Å². The molecule has 0 aliphatic heterocycles. The third kappa shape index (κ3) is 2.47. The molecule has 0 bridgehead atoms. The van der Waals surface area contributed by atoms with Gasteiger partial charge in [-0.3, -0.25) is 4.79 Å². The van der Waals surface area contributed by atoms with E-state index in [0.717, 1.165) is 17.3 Å². The zero-order valence-electron chi connectivity index (χ0n) is 8.29. The summed E-state index contributed by atoms with van der Waals surface area (Å²) < 4.78 is 5.89. The normalized spacial score (nSPS) is 14.8. The molecule has 0 unspecified atom stereocenters. The standard InChI is InChI=1S/C10H11BrN2O2/c1-15-8-4-6(11)5-12-9(8)10(14)13-7-2-3-7/h4-5,7H,2-3H2,1H3,(H,13,14). The first-order valence-electron chi connectivity index (χ1n) is 4.71. The molecular weight excluding hydrogens is 260 g/mol. The highest BCUT2D eigenvalue weighted by molar-refractivity contribution is 9.10. The number of aromatic nitrogens is 1. The summed E-state index contributed by atoms with van der Waals surface area (Å²) in [7, 11) is 1.53. The van der Waals surface area contributed by atoms with Crippen LogP contribution in [0.25, 0.3) is 0 Å². The smallest absolute Gasteiger partial charge is 0.273 e. The molecule has 1 saturated carbocycles. The van der Waals surface area contributed by atoms with Crippen LogP contribution in [-0.4, -0.2) is 24.0 Å². The van der Waals surface area contributed by atoms with Crippen molar-refractivity contribution >= 4 is 21.8 Å². The molecule has 1 aromatic heterocycles. The van der Waals surface area contributed by atoms with E-state index in [1.54, 1.807) is 12.3 Å². The summed E-state index contributed by atoms with van der Waals surface area (Å²) in [4.78, 5) is 15.8. The number of amides is 1. The van der Waals surface area contributed by atoms with Crippen molar-refractivity contribution in [3.8, 4) is 5.75 Å². The molecule has 80 valence electrons. The van der Waals surface area contributed by atoms with Gasteiger partial charge in [0, 0.05) is 16.7 Å². The van der Waals surface area contributed by atoms with Crippen molar-refractivity contribution in [2.45, 2.75) is 18.9 Å². The summed E-state index contributed by atoms with van der Waals surface area (Å²) in [6.45, 7) is 0. The van der Waals surface area contributed by atoms with Gasteiger partial charge in [0.25, 0.3) is 5.91 Å². The number of hydrogen-bond acceptors (Lipinski definition) is 3. The minimum absolute atomic E-state index is 0.165. The van der Waals surface area contributed by atoms with Crippen molar-refractivity contribution in [1.29, 1.82) is 0 Å². The van der Waals surface area contributed by atoms with Crippen molar-refractivity contribution < 1.29 is 9.53 Å². The van der Waals surface area contributed by atoms with Crippen molar-refractivity contribution in [1.82, 2.24) is 10.3 Å². The highest BCUT2D eigenvalue weighted by Crippen LogP contribution is 2.23. The zero-order valence-corrected chi connectivity index (χ0v) is 9.87. The Balaban J connectivity index is 2.21. The van der Waals surface area contributed by atoms with Crippen LogP contribution in [0.15, 0.2) is 16.7 Å². The van der Waals surface area contributed by atoms with Gasteiger partial charge < -0.3 is 10.1 Å². The highest BCUT2D eigenvalue weighted by Gasteiger charge is 2.25. The van der Waals surface area contributed by atoms with Gasteiger partial charge in [-0.15, -0.1) is 0 Å². The van der Waals surface area contributed by atoms with Crippen LogP contribution < -0.4 is 10.1 Å². The van der Waals surface area contributed by atoms with Crippen LogP contribution in [-0.2, 0) is 0 Å². The summed E-state index contributed by atoms with van der Waals surface area (Å²) in [5.41, 5.74) is 0.340. The molecule has 0 saturated heterocycles. The molecule has 1 aliphatic rings. The molecule has 1 aliphatic carbocycles. The number of nitrogens with one attached hydrogen (secondary N) is 1. The third-order valence-electron chi connectivity index (χ3n) is 2.17. The van der Waals surface area contributed by atoms with Gasteiger partial charge in [-0.1, -0.05) is 0 Å². The number of carbonyl (C=O) groups is 1. The zero-order chi connectivity index (χ0) is 10.8. The Morgan fingerprint density at radius 3 is 3.00 bits per heavy atom. The summed E-state index contributed by atoms with van der Waals surface area (Å²) in [5, 5.41) is 2.87. The second kappa shape index (κ2) is 4.18. The van der Waals surface area contributed by atoms with Crippen LogP contribution in [0, 0.1) is 0 Å². The quantitative estimate of drug-likeness (QED) is 0.911. The molecular formula is C10H11BrN2O2. The van der Waals surface area contributed by atoms with Crippen molar-refractivity contribution in [3.63, 3.8) is 0 Å². The van der Waals surface area contributed by atoms with E-state index >= 15 is 0 Å². The van der Waals surface area contributed by atoms with Crippen molar-refractivity contribution in [2.24, 2.45) is 0 Å². The Bertz CT molecular complexity index is 391. The second-order valence-electron chi connectivity index (χ2n) is 3.45. The predicted octanol–water partition coefficient (Wildman–Crippen LogP) is 1.74. The van der Waals surface area contributed by atoms with E-state index in [4.69, 9.17) is 4.74 Å². The lowest BCUT2D eigenvalue weighted by molar-refractivity contribution is 0.0942. The summed E-state index contributed by atoms with van der Waals surface area (Å²) in [6.07, 6.45) is 3.71. The highest BCUT2D eigenvalue weighted by atomic mass is 79.9. The van der Waals surface area contributed by atoms with E-state index in [2.05, 4.69) is 26.2 Å². The van der Waals surface area contributed by atoms with Gasteiger partial charge in [0.1, 0.15) is 0 Å². The SMILES string of the molecule is COc1cc(Br)cnc1C(=O)NC1CC1. The van der Waals surface area contributed by atoms with Crippen LogP contribution in [0.4, 0.5) is 0 Å². The lowest BCUT2D eigenvalue weighted by Gasteiger charge is -2.07. The van der Waals surface area contributed by atoms with E-state index in [1.807, 2.05) is 0 Å². The fourth-order valence-electron chi connectivity index (χ4n) is 1.23. The Kier molecular flexibility index (Phi) is 2.90. The molecule has 0 aromatic carbocycles. The molecule has 15 heavy (non-hydrogen) atoms. The fourth-order valence-corrected chi connectivity index (χ4v) is 1.54. The topological polar surface area (TPSA) is 51.2 Å². The molecule has 5 heteroatoms. The molecule has 0 spiro atoms. The van der Waals surface area contributed by atoms with Gasteiger partial charge in [-0.2, -0.15) is 0 Å². The maximum atomic E-state index is 11.7. The Morgan fingerprint density at radius 2 is 2.40 bits per heavy atom. The Morgan fingerprint density at radius 1 is 1.67 bits per heavy atom.